The van der Waals surface area contributed by atoms with Gasteiger partial charge in [-0.25, -0.2) is 13.1 Å². The molecule has 116 valence electrons. The molecule has 0 saturated carbocycles. The van der Waals surface area contributed by atoms with Crippen LogP contribution in [0.2, 0.25) is 0 Å². The lowest BCUT2D eigenvalue weighted by atomic mass is 9.94. The number of aliphatic hydroxyl groups excluding tert-OH is 1. The number of rotatable bonds is 6. The number of hydrogen-bond acceptors (Lipinski definition) is 3. The van der Waals surface area contributed by atoms with E-state index in [2.05, 4.69) is 4.72 Å². The Labute approximate surface area is 126 Å². The van der Waals surface area contributed by atoms with Gasteiger partial charge in [-0.05, 0) is 51.2 Å². The van der Waals surface area contributed by atoms with E-state index >= 15 is 0 Å². The molecule has 0 radical (unpaired) electrons. The van der Waals surface area contributed by atoms with E-state index in [0.717, 1.165) is 37.7 Å². The van der Waals surface area contributed by atoms with Gasteiger partial charge >= 0.3 is 0 Å². The van der Waals surface area contributed by atoms with Gasteiger partial charge in [0, 0.05) is 6.54 Å². The van der Waals surface area contributed by atoms with E-state index in [0.29, 0.717) is 11.4 Å². The zero-order valence-electron chi connectivity index (χ0n) is 12.4. The maximum atomic E-state index is 12.1. The van der Waals surface area contributed by atoms with Gasteiger partial charge in [0.25, 0.3) is 0 Å². The minimum absolute atomic E-state index is 0.306. The van der Waals surface area contributed by atoms with Gasteiger partial charge in [0.15, 0.2) is 0 Å². The van der Waals surface area contributed by atoms with Crippen molar-refractivity contribution in [2.24, 2.45) is 0 Å². The van der Waals surface area contributed by atoms with Crippen LogP contribution in [0.5, 0.6) is 0 Å². The molecule has 0 spiro atoms. The van der Waals surface area contributed by atoms with Crippen LogP contribution in [0.25, 0.3) is 0 Å². The first-order valence-corrected chi connectivity index (χ1v) is 8.90. The van der Waals surface area contributed by atoms with Gasteiger partial charge in [-0.1, -0.05) is 29.3 Å². The molecule has 1 aromatic carbocycles. The monoisotopic (exact) mass is 309 g/mol. The molecule has 5 heteroatoms. The van der Waals surface area contributed by atoms with Crippen LogP contribution < -0.4 is 4.72 Å². The fourth-order valence-electron chi connectivity index (χ4n) is 2.51. The molecule has 2 N–H and O–H groups in total. The largest absolute Gasteiger partial charge is 0.389 e. The Bertz CT molecular complexity index is 590. The number of hydrogen-bond donors (Lipinski definition) is 2. The molecular formula is C16H23NO3S. The Kier molecular flexibility index (Phi) is 5.56. The fourth-order valence-corrected chi connectivity index (χ4v) is 3.58. The van der Waals surface area contributed by atoms with Crippen LogP contribution in [0.4, 0.5) is 0 Å². The fraction of sp³-hybridized carbons (Fsp3) is 0.500. The minimum Gasteiger partial charge on any atom is -0.389 e. The molecule has 4 nitrogen and oxygen atoms in total. The molecule has 0 aliphatic heterocycles. The minimum atomic E-state index is -3.41. The Hall–Kier alpha value is -1.17. The highest BCUT2D eigenvalue weighted by Gasteiger charge is 2.14. The summed E-state index contributed by atoms with van der Waals surface area (Å²) in [4.78, 5) is 0.306. The number of nitrogens with one attached hydrogen (secondary N) is 1. The summed E-state index contributed by atoms with van der Waals surface area (Å²) >= 11 is 0. The van der Waals surface area contributed by atoms with Crippen molar-refractivity contribution in [1.82, 2.24) is 4.72 Å². The molecule has 1 aliphatic carbocycles. The second kappa shape index (κ2) is 7.20. The van der Waals surface area contributed by atoms with Crippen LogP contribution in [-0.4, -0.2) is 26.2 Å². The third kappa shape index (κ3) is 4.95. The molecule has 1 unspecified atom stereocenters. The Morgan fingerprint density at radius 1 is 1.29 bits per heavy atom. The predicted molar refractivity (Wildman–Crippen MR) is 83.5 cm³/mol. The van der Waals surface area contributed by atoms with Gasteiger partial charge in [-0.2, -0.15) is 0 Å². The lowest BCUT2D eigenvalue weighted by Gasteiger charge is -2.17. The quantitative estimate of drug-likeness (QED) is 0.627. The molecule has 1 aliphatic rings. The molecule has 2 rings (SSSR count). The molecule has 1 atom stereocenters. The van der Waals surface area contributed by atoms with Gasteiger partial charge < -0.3 is 5.11 Å². The summed E-state index contributed by atoms with van der Waals surface area (Å²) in [5.41, 5.74) is 2.28. The second-order valence-electron chi connectivity index (χ2n) is 5.60. The highest BCUT2D eigenvalue weighted by atomic mass is 32.2. The first-order valence-electron chi connectivity index (χ1n) is 7.41. The molecule has 1 aromatic rings. The molecule has 0 heterocycles. The molecular weight excluding hydrogens is 286 g/mol. The Balaban J connectivity index is 1.81. The summed E-state index contributed by atoms with van der Waals surface area (Å²) in [7, 11) is -3.41. The average Bonchev–Trinajstić information content (AvgIpc) is 2.44. The van der Waals surface area contributed by atoms with Crippen molar-refractivity contribution >= 4 is 10.0 Å². The Morgan fingerprint density at radius 2 is 2.00 bits per heavy atom. The Morgan fingerprint density at radius 3 is 2.67 bits per heavy atom. The second-order valence-corrected chi connectivity index (χ2v) is 7.37. The maximum absolute atomic E-state index is 12.1. The van der Waals surface area contributed by atoms with Gasteiger partial charge in [0.1, 0.15) is 0 Å². The zero-order valence-corrected chi connectivity index (χ0v) is 13.2. The van der Waals surface area contributed by atoms with Gasteiger partial charge in [-0.3, -0.25) is 0 Å². The highest BCUT2D eigenvalue weighted by molar-refractivity contribution is 7.89. The summed E-state index contributed by atoms with van der Waals surface area (Å²) in [6.07, 6.45) is 6.06. The average molecular weight is 309 g/mol. The van der Waals surface area contributed by atoms with Crippen molar-refractivity contribution < 1.29 is 13.5 Å². The first kappa shape index (κ1) is 16.2. The predicted octanol–water partition coefficient (Wildman–Crippen LogP) is 2.52. The number of aliphatic hydroxyl groups is 1. The lowest BCUT2D eigenvalue weighted by molar-refractivity contribution is 0.201. The van der Waals surface area contributed by atoms with Crippen molar-refractivity contribution in [2.75, 3.05) is 6.54 Å². The summed E-state index contributed by atoms with van der Waals surface area (Å²) in [5, 5.41) is 9.55. The topological polar surface area (TPSA) is 66.4 Å². The summed E-state index contributed by atoms with van der Waals surface area (Å²) < 4.78 is 26.8. The van der Waals surface area contributed by atoms with Crippen LogP contribution in [0.1, 0.15) is 37.7 Å². The van der Waals surface area contributed by atoms with E-state index in [1.54, 1.807) is 24.3 Å². The van der Waals surface area contributed by atoms with Crippen molar-refractivity contribution in [3.8, 4) is 0 Å². The van der Waals surface area contributed by atoms with Crippen molar-refractivity contribution in [1.29, 1.82) is 0 Å². The third-order valence-electron chi connectivity index (χ3n) is 3.72. The van der Waals surface area contributed by atoms with Crippen molar-refractivity contribution in [3.05, 3.63) is 41.5 Å². The molecule has 0 saturated heterocycles. The van der Waals surface area contributed by atoms with Crippen LogP contribution >= 0.6 is 0 Å². The van der Waals surface area contributed by atoms with Crippen LogP contribution in [0.3, 0.4) is 0 Å². The summed E-state index contributed by atoms with van der Waals surface area (Å²) in [6, 6.07) is 6.83. The van der Waals surface area contributed by atoms with E-state index in [1.807, 2.05) is 13.0 Å². The number of allylic oxidation sites excluding steroid dienone is 1. The number of aryl methyl sites for hydroxylation is 1. The van der Waals surface area contributed by atoms with Crippen molar-refractivity contribution in [3.63, 3.8) is 0 Å². The normalized spacial score (nSPS) is 19.3. The van der Waals surface area contributed by atoms with Crippen LogP contribution in [0.15, 0.2) is 40.8 Å². The van der Waals surface area contributed by atoms with E-state index in [-0.39, 0.29) is 6.10 Å². The maximum Gasteiger partial charge on any atom is 0.240 e. The standard InChI is InChI=1S/C16H23NO3S/c1-13-7-9-16(10-8-13)21(19,20)17-11-3-5-14-4-2-6-15(18)12-14/h7-10,12,15,17-18H,2-6,11H2,1H3. The van der Waals surface area contributed by atoms with Crippen LogP contribution in [0, 0.1) is 6.92 Å². The number of sulfonamides is 1. The molecule has 0 amide bonds. The number of benzene rings is 1. The smallest absolute Gasteiger partial charge is 0.240 e. The molecule has 0 aromatic heterocycles. The van der Waals surface area contributed by atoms with Crippen molar-refractivity contribution in [2.45, 2.75) is 50.0 Å². The van der Waals surface area contributed by atoms with E-state index < -0.39 is 10.0 Å². The third-order valence-corrected chi connectivity index (χ3v) is 5.20. The SMILES string of the molecule is Cc1ccc(S(=O)(=O)NCCCC2=CC(O)CCC2)cc1. The van der Waals surface area contributed by atoms with Gasteiger partial charge in [-0.15, -0.1) is 0 Å². The zero-order chi connectivity index (χ0) is 15.3. The van der Waals surface area contributed by atoms with E-state index in [1.165, 1.54) is 5.57 Å². The summed E-state index contributed by atoms with van der Waals surface area (Å²) in [5.74, 6) is 0. The lowest BCUT2D eigenvalue weighted by Crippen LogP contribution is -2.25. The molecule has 21 heavy (non-hydrogen) atoms. The first-order chi connectivity index (χ1) is 9.97. The molecule has 0 fully saturated rings. The highest BCUT2D eigenvalue weighted by Crippen LogP contribution is 2.21. The van der Waals surface area contributed by atoms with Gasteiger partial charge in [0.2, 0.25) is 10.0 Å². The van der Waals surface area contributed by atoms with Crippen LogP contribution in [-0.2, 0) is 10.0 Å². The van der Waals surface area contributed by atoms with E-state index in [9.17, 15) is 13.5 Å². The summed E-state index contributed by atoms with van der Waals surface area (Å²) in [6.45, 7) is 2.35. The molecule has 0 bridgehead atoms. The van der Waals surface area contributed by atoms with E-state index in [4.69, 9.17) is 0 Å². The van der Waals surface area contributed by atoms with Gasteiger partial charge in [0.05, 0.1) is 11.0 Å².